The predicted octanol–water partition coefficient (Wildman–Crippen LogP) is 3.26. The third kappa shape index (κ3) is 4.86. The van der Waals surface area contributed by atoms with E-state index >= 15 is 0 Å². The average Bonchev–Trinajstić information content (AvgIpc) is 2.37. The van der Waals surface area contributed by atoms with Crippen molar-refractivity contribution >= 4 is 11.7 Å². The SMILES string of the molecule is CCC(=O)C[C@H](NC(=O)C(C)(C)C)c1ccccc1. The summed E-state index contributed by atoms with van der Waals surface area (Å²) < 4.78 is 0. The first-order chi connectivity index (χ1) is 8.84. The van der Waals surface area contributed by atoms with Crippen molar-refractivity contribution in [1.82, 2.24) is 5.32 Å². The quantitative estimate of drug-likeness (QED) is 0.884. The van der Waals surface area contributed by atoms with Crippen LogP contribution in [0, 0.1) is 5.41 Å². The van der Waals surface area contributed by atoms with E-state index in [9.17, 15) is 9.59 Å². The molecule has 0 fully saturated rings. The van der Waals surface area contributed by atoms with Crippen LogP contribution < -0.4 is 5.32 Å². The second-order valence-corrected chi connectivity index (χ2v) is 5.78. The normalized spacial score (nSPS) is 12.8. The Balaban J connectivity index is 2.88. The summed E-state index contributed by atoms with van der Waals surface area (Å²) in [6.07, 6.45) is 0.844. The van der Waals surface area contributed by atoms with Gasteiger partial charge in [-0.15, -0.1) is 0 Å². The molecular weight excluding hydrogens is 238 g/mol. The highest BCUT2D eigenvalue weighted by molar-refractivity contribution is 5.83. The molecule has 104 valence electrons. The molecule has 1 rings (SSSR count). The minimum atomic E-state index is -0.456. The zero-order valence-electron chi connectivity index (χ0n) is 12.2. The van der Waals surface area contributed by atoms with E-state index < -0.39 is 5.41 Å². The van der Waals surface area contributed by atoms with E-state index in [-0.39, 0.29) is 17.7 Å². The lowest BCUT2D eigenvalue weighted by atomic mass is 9.93. The van der Waals surface area contributed by atoms with Crippen LogP contribution in [0.25, 0.3) is 0 Å². The molecule has 0 bridgehead atoms. The first-order valence-corrected chi connectivity index (χ1v) is 6.72. The molecule has 0 aliphatic carbocycles. The van der Waals surface area contributed by atoms with Crippen molar-refractivity contribution in [1.29, 1.82) is 0 Å². The van der Waals surface area contributed by atoms with Crippen LogP contribution in [0.15, 0.2) is 30.3 Å². The number of benzene rings is 1. The van der Waals surface area contributed by atoms with E-state index in [1.54, 1.807) is 0 Å². The molecule has 0 aromatic heterocycles. The maximum absolute atomic E-state index is 12.1. The van der Waals surface area contributed by atoms with E-state index in [0.29, 0.717) is 12.8 Å². The Labute approximate surface area is 115 Å². The molecule has 1 amide bonds. The summed E-state index contributed by atoms with van der Waals surface area (Å²) >= 11 is 0. The van der Waals surface area contributed by atoms with Crippen LogP contribution in [0.4, 0.5) is 0 Å². The van der Waals surface area contributed by atoms with Crippen LogP contribution >= 0.6 is 0 Å². The lowest BCUT2D eigenvalue weighted by Crippen LogP contribution is -2.38. The summed E-state index contributed by atoms with van der Waals surface area (Å²) in [6.45, 7) is 7.44. The lowest BCUT2D eigenvalue weighted by molar-refractivity contribution is -0.129. The van der Waals surface area contributed by atoms with E-state index in [1.807, 2.05) is 58.0 Å². The van der Waals surface area contributed by atoms with Gasteiger partial charge in [0, 0.05) is 18.3 Å². The van der Waals surface area contributed by atoms with Gasteiger partial charge in [-0.05, 0) is 5.56 Å². The van der Waals surface area contributed by atoms with Crippen LogP contribution in [-0.2, 0) is 9.59 Å². The smallest absolute Gasteiger partial charge is 0.225 e. The Kier molecular flexibility index (Phi) is 5.28. The summed E-state index contributed by atoms with van der Waals surface area (Å²) in [5.74, 6) is 0.119. The number of nitrogens with one attached hydrogen (secondary N) is 1. The summed E-state index contributed by atoms with van der Waals surface area (Å²) in [5.41, 5.74) is 0.518. The van der Waals surface area contributed by atoms with Crippen molar-refractivity contribution in [2.24, 2.45) is 5.41 Å². The molecule has 1 aromatic rings. The van der Waals surface area contributed by atoms with Gasteiger partial charge >= 0.3 is 0 Å². The average molecular weight is 261 g/mol. The molecular formula is C16H23NO2. The maximum Gasteiger partial charge on any atom is 0.225 e. The zero-order valence-corrected chi connectivity index (χ0v) is 12.2. The highest BCUT2D eigenvalue weighted by Gasteiger charge is 2.25. The van der Waals surface area contributed by atoms with Crippen LogP contribution in [0.1, 0.15) is 52.1 Å². The third-order valence-electron chi connectivity index (χ3n) is 3.01. The van der Waals surface area contributed by atoms with Gasteiger partial charge in [0.2, 0.25) is 5.91 Å². The van der Waals surface area contributed by atoms with Crippen molar-refractivity contribution < 1.29 is 9.59 Å². The molecule has 1 N–H and O–H groups in total. The van der Waals surface area contributed by atoms with Crippen molar-refractivity contribution in [3.05, 3.63) is 35.9 Å². The summed E-state index contributed by atoms with van der Waals surface area (Å²) in [7, 11) is 0. The molecule has 0 unspecified atom stereocenters. The fourth-order valence-electron chi connectivity index (χ4n) is 1.68. The largest absolute Gasteiger partial charge is 0.348 e. The van der Waals surface area contributed by atoms with Crippen LogP contribution in [0.3, 0.4) is 0 Å². The topological polar surface area (TPSA) is 46.2 Å². The molecule has 1 atom stereocenters. The van der Waals surface area contributed by atoms with Gasteiger partial charge in [-0.1, -0.05) is 58.0 Å². The molecule has 0 heterocycles. The number of amides is 1. The van der Waals surface area contributed by atoms with E-state index in [2.05, 4.69) is 5.32 Å². The van der Waals surface area contributed by atoms with Gasteiger partial charge < -0.3 is 5.32 Å². The molecule has 0 radical (unpaired) electrons. The highest BCUT2D eigenvalue weighted by atomic mass is 16.2. The van der Waals surface area contributed by atoms with Crippen molar-refractivity contribution in [3.8, 4) is 0 Å². The minimum Gasteiger partial charge on any atom is -0.348 e. The zero-order chi connectivity index (χ0) is 14.5. The molecule has 3 nitrogen and oxygen atoms in total. The first-order valence-electron chi connectivity index (χ1n) is 6.72. The second-order valence-electron chi connectivity index (χ2n) is 5.78. The van der Waals surface area contributed by atoms with E-state index in [1.165, 1.54) is 0 Å². The Hall–Kier alpha value is -1.64. The number of hydrogen-bond acceptors (Lipinski definition) is 2. The van der Waals surface area contributed by atoms with Crippen LogP contribution in [-0.4, -0.2) is 11.7 Å². The van der Waals surface area contributed by atoms with Crippen molar-refractivity contribution in [2.75, 3.05) is 0 Å². The lowest BCUT2D eigenvalue weighted by Gasteiger charge is -2.24. The molecule has 1 aromatic carbocycles. The number of ketones is 1. The molecule has 0 saturated carbocycles. The van der Waals surface area contributed by atoms with E-state index in [4.69, 9.17) is 0 Å². The monoisotopic (exact) mass is 261 g/mol. The Morgan fingerprint density at radius 3 is 2.21 bits per heavy atom. The van der Waals surface area contributed by atoms with Gasteiger partial charge in [-0.3, -0.25) is 9.59 Å². The van der Waals surface area contributed by atoms with Crippen LogP contribution in [0.2, 0.25) is 0 Å². The number of Topliss-reactive ketones (excluding diaryl/α,β-unsaturated/α-hetero) is 1. The molecule has 0 aliphatic heterocycles. The molecule has 0 spiro atoms. The Bertz CT molecular complexity index is 432. The Morgan fingerprint density at radius 1 is 1.16 bits per heavy atom. The fourth-order valence-corrected chi connectivity index (χ4v) is 1.68. The van der Waals surface area contributed by atoms with Gasteiger partial charge in [0.25, 0.3) is 0 Å². The third-order valence-corrected chi connectivity index (χ3v) is 3.01. The van der Waals surface area contributed by atoms with Crippen molar-refractivity contribution in [3.63, 3.8) is 0 Å². The standard InChI is InChI=1S/C16H23NO2/c1-5-13(18)11-14(12-9-7-6-8-10-12)17-15(19)16(2,3)4/h6-10,14H,5,11H2,1-4H3,(H,17,19)/t14-/m0/s1. The summed E-state index contributed by atoms with van der Waals surface area (Å²) in [5, 5.41) is 2.98. The number of rotatable bonds is 5. The maximum atomic E-state index is 12.1. The Morgan fingerprint density at radius 2 is 1.74 bits per heavy atom. The van der Waals surface area contributed by atoms with E-state index in [0.717, 1.165) is 5.56 Å². The van der Waals surface area contributed by atoms with Crippen LogP contribution in [0.5, 0.6) is 0 Å². The number of carbonyl (C=O) groups is 2. The fraction of sp³-hybridized carbons (Fsp3) is 0.500. The number of carbonyl (C=O) groups excluding carboxylic acids is 2. The number of hydrogen-bond donors (Lipinski definition) is 1. The molecule has 0 saturated heterocycles. The molecule has 0 aliphatic rings. The predicted molar refractivity (Wildman–Crippen MR) is 76.7 cm³/mol. The van der Waals surface area contributed by atoms with Gasteiger partial charge in [0.1, 0.15) is 5.78 Å². The highest BCUT2D eigenvalue weighted by Crippen LogP contribution is 2.21. The van der Waals surface area contributed by atoms with Gasteiger partial charge in [0.15, 0.2) is 0 Å². The summed E-state index contributed by atoms with van der Waals surface area (Å²) in [4.78, 5) is 23.8. The van der Waals surface area contributed by atoms with Crippen molar-refractivity contribution in [2.45, 2.75) is 46.6 Å². The summed E-state index contributed by atoms with van der Waals surface area (Å²) in [6, 6.07) is 9.41. The van der Waals surface area contributed by atoms with Gasteiger partial charge in [-0.25, -0.2) is 0 Å². The van der Waals surface area contributed by atoms with Gasteiger partial charge in [0.05, 0.1) is 6.04 Å². The first kappa shape index (κ1) is 15.4. The second kappa shape index (κ2) is 6.50. The molecule has 19 heavy (non-hydrogen) atoms. The minimum absolute atomic E-state index is 0.0368. The van der Waals surface area contributed by atoms with Gasteiger partial charge in [-0.2, -0.15) is 0 Å². The molecule has 3 heteroatoms.